The van der Waals surface area contributed by atoms with E-state index in [0.29, 0.717) is 0 Å². The molecule has 1 N–H and O–H groups in total. The third-order valence-electron chi connectivity index (χ3n) is 2.98. The summed E-state index contributed by atoms with van der Waals surface area (Å²) in [4.78, 5) is 0. The number of benzene rings is 1. The van der Waals surface area contributed by atoms with Gasteiger partial charge >= 0.3 is 0 Å². The average Bonchev–Trinajstić information content (AvgIpc) is 2.71. The molecule has 1 heterocycles. The van der Waals surface area contributed by atoms with Gasteiger partial charge in [0.05, 0.1) is 7.11 Å². The van der Waals surface area contributed by atoms with Crippen LogP contribution in [0.5, 0.6) is 11.5 Å². The molecule has 0 saturated heterocycles. The number of fused-ring (bicyclic) bond motifs is 1. The van der Waals surface area contributed by atoms with E-state index in [0.717, 1.165) is 35.2 Å². The zero-order chi connectivity index (χ0) is 12.4. The monoisotopic (exact) mass is 300 g/mol. The number of aliphatic hydroxyl groups is 1. The first-order chi connectivity index (χ1) is 8.17. The number of hydrogen-bond donors (Lipinski definition) is 1. The second-order valence-corrected chi connectivity index (χ2v) is 5.11. The van der Waals surface area contributed by atoms with E-state index in [1.54, 1.807) is 7.11 Å². The summed E-state index contributed by atoms with van der Waals surface area (Å²) in [5.74, 6) is 1.65. The summed E-state index contributed by atoms with van der Waals surface area (Å²) in [6, 6.07) is 2.00. The van der Waals surface area contributed by atoms with Crippen LogP contribution in [0.4, 0.5) is 0 Å². The van der Waals surface area contributed by atoms with Gasteiger partial charge in [0.2, 0.25) is 0 Å². The number of methoxy groups -OCH3 is 1. The minimum absolute atomic E-state index is 0.197. The zero-order valence-electron chi connectivity index (χ0n) is 10.1. The first kappa shape index (κ1) is 12.7. The van der Waals surface area contributed by atoms with Crippen molar-refractivity contribution >= 4 is 15.9 Å². The summed E-state index contributed by atoms with van der Waals surface area (Å²) in [7, 11) is 1.66. The Balaban J connectivity index is 2.40. The Morgan fingerprint density at radius 3 is 3.00 bits per heavy atom. The fraction of sp³-hybridized carbons (Fsp3) is 0.538. The van der Waals surface area contributed by atoms with Crippen LogP contribution in [-0.2, 0) is 12.8 Å². The number of halogens is 1. The topological polar surface area (TPSA) is 38.7 Å². The normalized spacial score (nSPS) is 17.8. The highest BCUT2D eigenvalue weighted by Gasteiger charge is 2.27. The molecule has 1 aliphatic heterocycles. The first-order valence-electron chi connectivity index (χ1n) is 5.83. The largest absolute Gasteiger partial charge is 0.493 e. The molecule has 94 valence electrons. The lowest BCUT2D eigenvalue weighted by Gasteiger charge is -2.12. The number of aryl methyl sites for hydroxylation is 1. The lowest BCUT2D eigenvalue weighted by atomic mass is 10.0. The summed E-state index contributed by atoms with van der Waals surface area (Å²) in [6.07, 6.45) is 2.70. The summed E-state index contributed by atoms with van der Waals surface area (Å²) in [5, 5.41) is 8.91. The Morgan fingerprint density at radius 1 is 1.59 bits per heavy atom. The number of rotatable bonds is 4. The van der Waals surface area contributed by atoms with Crippen LogP contribution in [0, 0.1) is 0 Å². The van der Waals surface area contributed by atoms with Gasteiger partial charge < -0.3 is 14.6 Å². The van der Waals surface area contributed by atoms with E-state index in [2.05, 4.69) is 22.9 Å². The highest BCUT2D eigenvalue weighted by Crippen LogP contribution is 2.44. The predicted octanol–water partition coefficient (Wildman–Crippen LogP) is 2.71. The van der Waals surface area contributed by atoms with E-state index in [4.69, 9.17) is 14.6 Å². The smallest absolute Gasteiger partial charge is 0.166 e. The molecule has 0 amide bonds. The number of aliphatic hydroxyl groups excluding tert-OH is 1. The molecule has 0 bridgehead atoms. The van der Waals surface area contributed by atoms with Crippen LogP contribution in [0.25, 0.3) is 0 Å². The van der Waals surface area contributed by atoms with Crippen molar-refractivity contribution in [3.8, 4) is 11.5 Å². The Kier molecular flexibility index (Phi) is 3.94. The number of ether oxygens (including phenoxy) is 2. The van der Waals surface area contributed by atoms with Crippen molar-refractivity contribution < 1.29 is 14.6 Å². The Morgan fingerprint density at radius 2 is 2.35 bits per heavy atom. The highest BCUT2D eigenvalue weighted by molar-refractivity contribution is 9.10. The maximum absolute atomic E-state index is 8.91. The summed E-state index contributed by atoms with van der Waals surface area (Å²) >= 11 is 3.64. The molecule has 0 radical (unpaired) electrons. The fourth-order valence-electron chi connectivity index (χ4n) is 2.17. The zero-order valence-corrected chi connectivity index (χ0v) is 11.7. The van der Waals surface area contributed by atoms with E-state index in [1.807, 2.05) is 6.07 Å². The van der Waals surface area contributed by atoms with Crippen molar-refractivity contribution in [1.82, 2.24) is 0 Å². The van der Waals surface area contributed by atoms with Crippen molar-refractivity contribution in [1.29, 1.82) is 0 Å². The van der Waals surface area contributed by atoms with Gasteiger partial charge in [-0.05, 0) is 31.4 Å². The van der Waals surface area contributed by atoms with Crippen LogP contribution in [0.3, 0.4) is 0 Å². The third kappa shape index (κ3) is 2.43. The molecular weight excluding hydrogens is 284 g/mol. The van der Waals surface area contributed by atoms with Crippen molar-refractivity contribution in [2.45, 2.75) is 32.3 Å². The molecule has 0 saturated carbocycles. The molecule has 0 spiro atoms. The Hall–Kier alpha value is -0.740. The van der Waals surface area contributed by atoms with E-state index >= 15 is 0 Å². The standard InChI is InChI=1S/C13H17BrO3/c1-8-6-10-12(14)9(4-3-5-15)7-11(16-2)13(10)17-8/h7-8,15H,3-6H2,1-2H3. The minimum Gasteiger partial charge on any atom is -0.493 e. The van der Waals surface area contributed by atoms with Gasteiger partial charge in [0.15, 0.2) is 11.5 Å². The van der Waals surface area contributed by atoms with Gasteiger partial charge in [0.25, 0.3) is 0 Å². The molecule has 4 heteroatoms. The predicted molar refractivity (Wildman–Crippen MR) is 69.9 cm³/mol. The molecule has 0 fully saturated rings. The number of hydrogen-bond acceptors (Lipinski definition) is 3. The second-order valence-electron chi connectivity index (χ2n) is 4.32. The molecule has 17 heavy (non-hydrogen) atoms. The molecule has 1 atom stereocenters. The van der Waals surface area contributed by atoms with Gasteiger partial charge in [-0.3, -0.25) is 0 Å². The maximum atomic E-state index is 8.91. The molecule has 1 unspecified atom stereocenters. The van der Waals surface area contributed by atoms with Crippen LogP contribution in [0.2, 0.25) is 0 Å². The quantitative estimate of drug-likeness (QED) is 0.929. The Labute approximate surface area is 110 Å². The molecule has 1 aromatic rings. The van der Waals surface area contributed by atoms with Gasteiger partial charge in [-0.25, -0.2) is 0 Å². The van der Waals surface area contributed by atoms with Gasteiger partial charge in [0, 0.05) is 23.1 Å². The minimum atomic E-state index is 0.197. The van der Waals surface area contributed by atoms with Crippen LogP contribution < -0.4 is 9.47 Å². The fourth-order valence-corrected chi connectivity index (χ4v) is 2.83. The van der Waals surface area contributed by atoms with Gasteiger partial charge in [0.1, 0.15) is 6.10 Å². The first-order valence-corrected chi connectivity index (χ1v) is 6.62. The van der Waals surface area contributed by atoms with Crippen LogP contribution in [0.1, 0.15) is 24.5 Å². The summed E-state index contributed by atoms with van der Waals surface area (Å²) < 4.78 is 12.2. The van der Waals surface area contributed by atoms with Gasteiger partial charge in [-0.1, -0.05) is 15.9 Å². The van der Waals surface area contributed by atoms with Gasteiger partial charge in [-0.15, -0.1) is 0 Å². The second kappa shape index (κ2) is 5.27. The summed E-state index contributed by atoms with van der Waals surface area (Å²) in [6.45, 7) is 2.26. The maximum Gasteiger partial charge on any atom is 0.166 e. The summed E-state index contributed by atoms with van der Waals surface area (Å²) in [5.41, 5.74) is 2.36. The lowest BCUT2D eigenvalue weighted by molar-refractivity contribution is 0.243. The van der Waals surface area contributed by atoms with Crippen molar-refractivity contribution in [2.75, 3.05) is 13.7 Å². The molecular formula is C13H17BrO3. The molecule has 0 aliphatic carbocycles. The van der Waals surface area contributed by atoms with E-state index in [1.165, 1.54) is 11.1 Å². The molecule has 1 aromatic carbocycles. The average molecular weight is 301 g/mol. The molecule has 2 rings (SSSR count). The van der Waals surface area contributed by atoms with Crippen molar-refractivity contribution in [2.24, 2.45) is 0 Å². The van der Waals surface area contributed by atoms with E-state index in [-0.39, 0.29) is 12.7 Å². The third-order valence-corrected chi connectivity index (χ3v) is 3.97. The molecule has 0 aromatic heterocycles. The van der Waals surface area contributed by atoms with Gasteiger partial charge in [-0.2, -0.15) is 0 Å². The van der Waals surface area contributed by atoms with Crippen LogP contribution in [-0.4, -0.2) is 24.9 Å². The lowest BCUT2D eigenvalue weighted by Crippen LogP contribution is -2.05. The van der Waals surface area contributed by atoms with E-state index in [9.17, 15) is 0 Å². The molecule has 3 nitrogen and oxygen atoms in total. The SMILES string of the molecule is COc1cc(CCCO)c(Br)c2c1OC(C)C2. The van der Waals surface area contributed by atoms with Crippen molar-refractivity contribution in [3.63, 3.8) is 0 Å². The van der Waals surface area contributed by atoms with Crippen LogP contribution >= 0.6 is 15.9 Å². The highest BCUT2D eigenvalue weighted by atomic mass is 79.9. The molecule has 1 aliphatic rings. The van der Waals surface area contributed by atoms with Crippen LogP contribution in [0.15, 0.2) is 10.5 Å². The Bertz CT molecular complexity index is 418. The van der Waals surface area contributed by atoms with Crippen molar-refractivity contribution in [3.05, 3.63) is 21.7 Å². The van der Waals surface area contributed by atoms with E-state index < -0.39 is 0 Å².